The van der Waals surface area contributed by atoms with Crippen LogP contribution in [0.1, 0.15) is 57.8 Å². The number of nitrogens with two attached hydrogens (primary N) is 1. The zero-order valence-electron chi connectivity index (χ0n) is 23.8. The molecule has 1 saturated carbocycles. The fourth-order valence-corrected chi connectivity index (χ4v) is 5.52. The normalized spacial score (nSPS) is 17.1. The van der Waals surface area contributed by atoms with Crippen LogP contribution >= 0.6 is 0 Å². The quantitative estimate of drug-likeness (QED) is 0.361. The van der Waals surface area contributed by atoms with Crippen molar-refractivity contribution in [2.45, 2.75) is 38.3 Å². The maximum absolute atomic E-state index is 13.5. The van der Waals surface area contributed by atoms with Crippen molar-refractivity contribution in [2.24, 2.45) is 5.73 Å². The number of hydrogen-bond acceptors (Lipinski definition) is 7. The molecule has 0 radical (unpaired) electrons. The number of carbonyl (C=O) groups excluding carboxylic acids is 2. The van der Waals surface area contributed by atoms with Crippen LogP contribution in [0.5, 0.6) is 0 Å². The number of nitrogens with zero attached hydrogens (tertiary/aromatic N) is 6. The molecule has 2 amide bonds. The minimum atomic E-state index is -0.468. The second-order valence-corrected chi connectivity index (χ2v) is 11.5. The van der Waals surface area contributed by atoms with Gasteiger partial charge in [-0.05, 0) is 63.1 Å². The summed E-state index contributed by atoms with van der Waals surface area (Å²) in [4.78, 5) is 34.8. The predicted molar refractivity (Wildman–Crippen MR) is 157 cm³/mol. The lowest BCUT2D eigenvalue weighted by Crippen LogP contribution is -2.50. The van der Waals surface area contributed by atoms with Gasteiger partial charge in [-0.1, -0.05) is 35.5 Å². The molecule has 2 aromatic carbocycles. The first kappa shape index (κ1) is 27.0. The maximum atomic E-state index is 13.5. The van der Waals surface area contributed by atoms with Crippen LogP contribution in [0.25, 0.3) is 22.2 Å². The van der Waals surface area contributed by atoms with E-state index in [2.05, 4.69) is 28.6 Å². The van der Waals surface area contributed by atoms with E-state index in [0.717, 1.165) is 46.1 Å². The van der Waals surface area contributed by atoms with Crippen molar-refractivity contribution in [1.29, 1.82) is 0 Å². The Kier molecular flexibility index (Phi) is 7.04. The SMILES string of the molecule is CNCC(C)(N)c1ccc(-c2cc(C)c3ccc(C(=O)N4CCN(C(=O)c5cn(C6CC6)nn5)CC4)cc3n2)cc1. The van der Waals surface area contributed by atoms with Gasteiger partial charge in [0.1, 0.15) is 0 Å². The molecule has 2 aliphatic rings. The van der Waals surface area contributed by atoms with Gasteiger partial charge in [-0.25, -0.2) is 9.67 Å². The molecule has 6 rings (SSSR count). The van der Waals surface area contributed by atoms with Crippen LogP contribution in [-0.2, 0) is 5.54 Å². The summed E-state index contributed by atoms with van der Waals surface area (Å²) in [5, 5.41) is 12.3. The van der Waals surface area contributed by atoms with Crippen molar-refractivity contribution in [3.05, 3.63) is 77.1 Å². The highest BCUT2D eigenvalue weighted by molar-refractivity contribution is 5.99. The van der Waals surface area contributed by atoms with E-state index in [-0.39, 0.29) is 11.8 Å². The molecule has 3 N–H and O–H groups in total. The van der Waals surface area contributed by atoms with Gasteiger partial charge in [0.25, 0.3) is 11.8 Å². The van der Waals surface area contributed by atoms with Gasteiger partial charge in [0.2, 0.25) is 0 Å². The van der Waals surface area contributed by atoms with Gasteiger partial charge in [0.05, 0.1) is 29.0 Å². The molecular formula is C31H36N8O2. The van der Waals surface area contributed by atoms with Crippen LogP contribution < -0.4 is 11.1 Å². The van der Waals surface area contributed by atoms with Gasteiger partial charge in [0, 0.05) is 49.2 Å². The highest BCUT2D eigenvalue weighted by Gasteiger charge is 2.30. The van der Waals surface area contributed by atoms with E-state index in [1.165, 1.54) is 0 Å². The third-order valence-electron chi connectivity index (χ3n) is 8.15. The first-order chi connectivity index (χ1) is 19.7. The third kappa shape index (κ3) is 5.45. The number of amides is 2. The molecule has 1 aliphatic heterocycles. The van der Waals surface area contributed by atoms with Crippen LogP contribution in [0.3, 0.4) is 0 Å². The number of fused-ring (bicyclic) bond motifs is 1. The van der Waals surface area contributed by atoms with Crippen LogP contribution in [0.15, 0.2) is 54.7 Å². The number of benzene rings is 2. The van der Waals surface area contributed by atoms with Crippen molar-refractivity contribution >= 4 is 22.7 Å². The number of pyridine rings is 1. The molecule has 2 aromatic heterocycles. The first-order valence-electron chi connectivity index (χ1n) is 14.2. The number of aryl methyl sites for hydroxylation is 1. The molecule has 1 aliphatic carbocycles. The van der Waals surface area contributed by atoms with E-state index in [4.69, 9.17) is 10.7 Å². The molecule has 0 spiro atoms. The van der Waals surface area contributed by atoms with Crippen LogP contribution in [0.4, 0.5) is 0 Å². The second-order valence-electron chi connectivity index (χ2n) is 11.5. The Bertz CT molecular complexity index is 1600. The topological polar surface area (TPSA) is 122 Å². The number of carbonyl (C=O) groups is 2. The fourth-order valence-electron chi connectivity index (χ4n) is 5.52. The minimum absolute atomic E-state index is 0.0559. The Balaban J connectivity index is 1.16. The van der Waals surface area contributed by atoms with Gasteiger partial charge in [-0.3, -0.25) is 9.59 Å². The number of nitrogens with one attached hydrogen (secondary N) is 1. The smallest absolute Gasteiger partial charge is 0.276 e. The third-order valence-corrected chi connectivity index (χ3v) is 8.15. The molecule has 1 saturated heterocycles. The zero-order chi connectivity index (χ0) is 28.7. The average Bonchev–Trinajstić information content (AvgIpc) is 3.72. The number of piperazine rings is 1. The number of aromatic nitrogens is 4. The summed E-state index contributed by atoms with van der Waals surface area (Å²) < 4.78 is 1.78. The molecule has 0 bridgehead atoms. The highest BCUT2D eigenvalue weighted by atomic mass is 16.2. The highest BCUT2D eigenvalue weighted by Crippen LogP contribution is 2.34. The standard InChI is InChI=1S/C31H36N8O2/c1-20-16-26(21-4-7-23(8-5-21)31(2,32)19-33-3)34-27-17-22(6-11-25(20)27)29(40)37-12-14-38(15-13-37)30(41)28-18-39(36-35-28)24-9-10-24/h4-8,11,16-18,24,33H,9-10,12-15,19,32H2,1-3H3. The summed E-state index contributed by atoms with van der Waals surface area (Å²) in [6.07, 6.45) is 3.91. The van der Waals surface area contributed by atoms with E-state index >= 15 is 0 Å². The van der Waals surface area contributed by atoms with Gasteiger partial charge >= 0.3 is 0 Å². The van der Waals surface area contributed by atoms with Crippen molar-refractivity contribution < 1.29 is 9.59 Å². The van der Waals surface area contributed by atoms with Crippen molar-refractivity contribution in [1.82, 2.24) is 35.1 Å². The van der Waals surface area contributed by atoms with Gasteiger partial charge < -0.3 is 20.9 Å². The molecule has 10 nitrogen and oxygen atoms in total. The number of hydrogen-bond donors (Lipinski definition) is 2. The average molecular weight is 553 g/mol. The minimum Gasteiger partial charge on any atom is -0.335 e. The first-order valence-corrected chi connectivity index (χ1v) is 14.2. The second kappa shape index (κ2) is 10.7. The summed E-state index contributed by atoms with van der Waals surface area (Å²) in [6.45, 7) is 6.59. The van der Waals surface area contributed by atoms with Crippen LogP contribution in [0.2, 0.25) is 0 Å². The Labute approximate surface area is 239 Å². The molecule has 41 heavy (non-hydrogen) atoms. The van der Waals surface area contributed by atoms with E-state index in [0.29, 0.717) is 50.0 Å². The van der Waals surface area contributed by atoms with Crippen molar-refractivity contribution in [3.63, 3.8) is 0 Å². The predicted octanol–water partition coefficient (Wildman–Crippen LogP) is 3.13. The Morgan fingerprint density at radius 1 is 1.00 bits per heavy atom. The Morgan fingerprint density at radius 3 is 2.34 bits per heavy atom. The van der Waals surface area contributed by atoms with Gasteiger partial charge in [-0.2, -0.15) is 0 Å². The van der Waals surface area contributed by atoms with E-state index in [1.54, 1.807) is 20.7 Å². The van der Waals surface area contributed by atoms with Crippen molar-refractivity contribution in [3.8, 4) is 11.3 Å². The molecule has 212 valence electrons. The van der Waals surface area contributed by atoms with Gasteiger partial charge in [-0.15, -0.1) is 5.10 Å². The van der Waals surface area contributed by atoms with Crippen LogP contribution in [0, 0.1) is 6.92 Å². The molecule has 3 heterocycles. The lowest BCUT2D eigenvalue weighted by Gasteiger charge is -2.34. The van der Waals surface area contributed by atoms with Crippen molar-refractivity contribution in [2.75, 3.05) is 39.8 Å². The largest absolute Gasteiger partial charge is 0.335 e. The lowest BCUT2D eigenvalue weighted by molar-refractivity contribution is 0.0532. The summed E-state index contributed by atoms with van der Waals surface area (Å²) in [6, 6.07) is 16.4. The number of rotatable bonds is 7. The van der Waals surface area contributed by atoms with Crippen LogP contribution in [-0.4, -0.2) is 81.4 Å². The lowest BCUT2D eigenvalue weighted by atomic mass is 9.92. The van der Waals surface area contributed by atoms with E-state index in [1.807, 2.05) is 56.4 Å². The fraction of sp³-hybridized carbons (Fsp3) is 0.387. The molecular weight excluding hydrogens is 516 g/mol. The molecule has 10 heteroatoms. The molecule has 4 aromatic rings. The summed E-state index contributed by atoms with van der Waals surface area (Å²) in [5.41, 5.74) is 11.7. The Morgan fingerprint density at radius 2 is 1.68 bits per heavy atom. The summed E-state index contributed by atoms with van der Waals surface area (Å²) in [5.74, 6) is -0.187. The number of likely N-dealkylation sites (N-methyl/N-ethyl adjacent to an activating group) is 1. The summed E-state index contributed by atoms with van der Waals surface area (Å²) in [7, 11) is 1.89. The van der Waals surface area contributed by atoms with Gasteiger partial charge in [0.15, 0.2) is 5.69 Å². The molecule has 1 atom stereocenters. The molecule has 1 unspecified atom stereocenters. The van der Waals surface area contributed by atoms with E-state index in [9.17, 15) is 9.59 Å². The Hall–Kier alpha value is -4.15. The van der Waals surface area contributed by atoms with E-state index < -0.39 is 5.54 Å². The molecule has 2 fully saturated rings. The monoisotopic (exact) mass is 552 g/mol. The zero-order valence-corrected chi connectivity index (χ0v) is 23.8. The summed E-state index contributed by atoms with van der Waals surface area (Å²) >= 11 is 0. The maximum Gasteiger partial charge on any atom is 0.276 e.